The van der Waals surface area contributed by atoms with Gasteiger partial charge in [0.05, 0.1) is 15.5 Å². The minimum absolute atomic E-state index is 0.00406. The van der Waals surface area contributed by atoms with Crippen LogP contribution in [0.15, 0.2) is 41.6 Å². The zero-order valence-corrected chi connectivity index (χ0v) is 19.3. The maximum absolute atomic E-state index is 12.9. The third-order valence-corrected chi connectivity index (χ3v) is 7.13. The van der Waals surface area contributed by atoms with Gasteiger partial charge in [-0.2, -0.15) is 4.72 Å². The molecular formula is C19H22ClN5O3S2. The number of benzene rings is 1. The Morgan fingerprint density at radius 1 is 1.30 bits per heavy atom. The molecule has 2 heterocycles. The number of aryl methyl sites for hydroxylation is 2. The summed E-state index contributed by atoms with van der Waals surface area (Å²) in [5, 5.41) is 3.40. The number of anilines is 1. The van der Waals surface area contributed by atoms with Crippen molar-refractivity contribution in [1.82, 2.24) is 19.3 Å². The Kier molecular flexibility index (Phi) is 6.61. The predicted molar refractivity (Wildman–Crippen MR) is 118 cm³/mol. The molecule has 160 valence electrons. The molecule has 0 aliphatic rings. The fraction of sp³-hybridized carbons (Fsp3) is 0.316. The number of hydrogen-bond acceptors (Lipinski definition) is 6. The third-order valence-electron chi connectivity index (χ3n) is 4.39. The van der Waals surface area contributed by atoms with Gasteiger partial charge < -0.3 is 9.88 Å². The molecule has 3 rings (SSSR count). The van der Waals surface area contributed by atoms with E-state index >= 15 is 0 Å². The Balaban J connectivity index is 1.81. The van der Waals surface area contributed by atoms with Crippen molar-refractivity contribution in [3.63, 3.8) is 0 Å². The minimum atomic E-state index is -3.93. The second-order valence-corrected chi connectivity index (χ2v) is 10.2. The number of aromatic nitrogens is 3. The van der Waals surface area contributed by atoms with Gasteiger partial charge in [0.25, 0.3) is 0 Å². The molecule has 0 spiro atoms. The van der Waals surface area contributed by atoms with E-state index in [0.717, 1.165) is 16.4 Å². The minimum Gasteiger partial charge on any atom is -0.333 e. The second-order valence-electron chi connectivity index (χ2n) is 7.08. The van der Waals surface area contributed by atoms with Crippen LogP contribution in [0.4, 0.5) is 5.13 Å². The molecule has 0 bridgehead atoms. The average Bonchev–Trinajstić information content (AvgIpc) is 3.24. The Bertz CT molecular complexity index is 1170. The van der Waals surface area contributed by atoms with Gasteiger partial charge in [-0.05, 0) is 31.0 Å². The molecular weight excluding hydrogens is 446 g/mol. The molecule has 0 saturated carbocycles. The summed E-state index contributed by atoms with van der Waals surface area (Å²) in [7, 11) is -2.06. The zero-order valence-electron chi connectivity index (χ0n) is 16.9. The smallest absolute Gasteiger partial charge is 0.244 e. The maximum atomic E-state index is 12.9. The van der Waals surface area contributed by atoms with Gasteiger partial charge in [0, 0.05) is 24.5 Å². The van der Waals surface area contributed by atoms with Gasteiger partial charge in [0.1, 0.15) is 6.04 Å². The number of carbonyl (C=O) groups excluding carboxylic acids is 1. The number of imidazole rings is 1. The number of thiazole rings is 1. The Hall–Kier alpha value is -2.27. The summed E-state index contributed by atoms with van der Waals surface area (Å²) in [6.07, 6.45) is 3.51. The van der Waals surface area contributed by atoms with Crippen molar-refractivity contribution in [3.05, 3.63) is 47.4 Å². The van der Waals surface area contributed by atoms with Gasteiger partial charge in [-0.25, -0.2) is 18.4 Å². The van der Waals surface area contributed by atoms with E-state index in [4.69, 9.17) is 11.6 Å². The van der Waals surface area contributed by atoms with E-state index in [1.165, 1.54) is 23.5 Å². The van der Waals surface area contributed by atoms with E-state index in [-0.39, 0.29) is 10.8 Å². The number of carbonyl (C=O) groups is 1. The van der Waals surface area contributed by atoms with Crippen LogP contribution in [0.25, 0.3) is 10.7 Å². The van der Waals surface area contributed by atoms with Gasteiger partial charge in [-0.15, -0.1) is 0 Å². The van der Waals surface area contributed by atoms with Crippen LogP contribution >= 0.6 is 22.9 Å². The van der Waals surface area contributed by atoms with Gasteiger partial charge >= 0.3 is 0 Å². The zero-order chi connectivity index (χ0) is 22.1. The van der Waals surface area contributed by atoms with Crippen LogP contribution in [-0.4, -0.2) is 34.9 Å². The maximum Gasteiger partial charge on any atom is 0.244 e. The molecule has 0 aliphatic carbocycles. The summed E-state index contributed by atoms with van der Waals surface area (Å²) in [5.74, 6) is -0.0441. The molecule has 0 aliphatic heterocycles. The number of hydrogen-bond donors (Lipinski definition) is 2. The molecule has 1 aromatic carbocycles. The summed E-state index contributed by atoms with van der Waals surface area (Å²) in [6.45, 7) is 5.35. The number of sulfonamides is 1. The van der Waals surface area contributed by atoms with Crippen molar-refractivity contribution < 1.29 is 13.2 Å². The van der Waals surface area contributed by atoms with E-state index in [9.17, 15) is 13.2 Å². The van der Waals surface area contributed by atoms with Crippen LogP contribution in [0.2, 0.25) is 5.02 Å². The lowest BCUT2D eigenvalue weighted by molar-refractivity contribution is -0.118. The standard InChI is InChI=1S/C19H22ClN5O3S2/c1-11(2)15(24-30(27,28)14-7-5-6-13(20)10-14)18(26)23-19-22-12(3)16(29-19)17-21-8-9-25(17)4/h5-11,15,24H,1-4H3,(H,22,23,26)/t15-/m1/s1. The molecule has 0 unspecified atom stereocenters. The van der Waals surface area contributed by atoms with E-state index in [1.54, 1.807) is 32.2 Å². The first-order valence-corrected chi connectivity index (χ1v) is 11.8. The lowest BCUT2D eigenvalue weighted by Crippen LogP contribution is -2.47. The molecule has 3 aromatic rings. The van der Waals surface area contributed by atoms with Gasteiger partial charge in [0.15, 0.2) is 11.0 Å². The SMILES string of the molecule is Cc1nc(NC(=O)[C@H](NS(=O)(=O)c2cccc(Cl)c2)C(C)C)sc1-c1nccn1C. The number of nitrogens with zero attached hydrogens (tertiary/aromatic N) is 3. The summed E-state index contributed by atoms with van der Waals surface area (Å²) >= 11 is 7.19. The lowest BCUT2D eigenvalue weighted by Gasteiger charge is -2.21. The molecule has 1 amide bonds. The Morgan fingerprint density at radius 3 is 2.63 bits per heavy atom. The lowest BCUT2D eigenvalue weighted by atomic mass is 10.1. The van der Waals surface area contributed by atoms with Gasteiger partial charge in [-0.1, -0.05) is 42.9 Å². The van der Waals surface area contributed by atoms with Crippen molar-refractivity contribution >= 4 is 44.0 Å². The summed E-state index contributed by atoms with van der Waals surface area (Å²) < 4.78 is 29.8. The molecule has 0 fully saturated rings. The van der Waals surface area contributed by atoms with Crippen molar-refractivity contribution in [2.24, 2.45) is 13.0 Å². The Morgan fingerprint density at radius 2 is 2.03 bits per heavy atom. The van der Waals surface area contributed by atoms with Gasteiger partial charge in [-0.3, -0.25) is 4.79 Å². The first-order valence-electron chi connectivity index (χ1n) is 9.12. The highest BCUT2D eigenvalue weighted by Crippen LogP contribution is 2.31. The largest absolute Gasteiger partial charge is 0.333 e. The normalized spacial score (nSPS) is 12.9. The van der Waals surface area contributed by atoms with E-state index < -0.39 is 22.0 Å². The molecule has 2 aromatic heterocycles. The van der Waals surface area contributed by atoms with Gasteiger partial charge in [0.2, 0.25) is 15.9 Å². The summed E-state index contributed by atoms with van der Waals surface area (Å²) in [6, 6.07) is 4.89. The second kappa shape index (κ2) is 8.84. The third kappa shape index (κ3) is 4.89. The Labute approximate surface area is 184 Å². The number of halogens is 1. The molecule has 0 saturated heterocycles. The average molecular weight is 468 g/mol. The molecule has 11 heteroatoms. The van der Waals surface area contributed by atoms with E-state index in [1.807, 2.05) is 24.7 Å². The molecule has 8 nitrogen and oxygen atoms in total. The molecule has 0 radical (unpaired) electrons. The number of amides is 1. The first kappa shape index (κ1) is 22.4. The van der Waals surface area contributed by atoms with E-state index in [0.29, 0.717) is 10.2 Å². The van der Waals surface area contributed by atoms with Crippen LogP contribution in [0.1, 0.15) is 19.5 Å². The van der Waals surface area contributed by atoms with Crippen LogP contribution in [-0.2, 0) is 21.9 Å². The summed E-state index contributed by atoms with van der Waals surface area (Å²) in [5.41, 5.74) is 0.727. The fourth-order valence-corrected chi connectivity index (χ4v) is 5.44. The monoisotopic (exact) mass is 467 g/mol. The predicted octanol–water partition coefficient (Wildman–Crippen LogP) is 3.45. The van der Waals surface area contributed by atoms with Crippen molar-refractivity contribution in [1.29, 1.82) is 0 Å². The van der Waals surface area contributed by atoms with Crippen molar-refractivity contribution in [2.45, 2.75) is 31.7 Å². The molecule has 1 atom stereocenters. The highest BCUT2D eigenvalue weighted by molar-refractivity contribution is 7.89. The highest BCUT2D eigenvalue weighted by atomic mass is 35.5. The van der Waals surface area contributed by atoms with Crippen LogP contribution < -0.4 is 10.0 Å². The number of nitrogens with one attached hydrogen (secondary N) is 2. The topological polar surface area (TPSA) is 106 Å². The first-order chi connectivity index (χ1) is 14.1. The summed E-state index contributed by atoms with van der Waals surface area (Å²) in [4.78, 5) is 22.4. The fourth-order valence-electron chi connectivity index (χ4n) is 2.79. The van der Waals surface area contributed by atoms with E-state index in [2.05, 4.69) is 20.0 Å². The van der Waals surface area contributed by atoms with Crippen LogP contribution in [0.5, 0.6) is 0 Å². The van der Waals surface area contributed by atoms with Crippen molar-refractivity contribution in [2.75, 3.05) is 5.32 Å². The highest BCUT2D eigenvalue weighted by Gasteiger charge is 2.29. The quantitative estimate of drug-likeness (QED) is 0.553. The van der Waals surface area contributed by atoms with Crippen LogP contribution in [0, 0.1) is 12.8 Å². The van der Waals surface area contributed by atoms with Crippen LogP contribution in [0.3, 0.4) is 0 Å². The molecule has 30 heavy (non-hydrogen) atoms. The molecule has 2 N–H and O–H groups in total. The van der Waals surface area contributed by atoms with Crippen molar-refractivity contribution in [3.8, 4) is 10.7 Å². The number of rotatable bonds is 7.